The number of aromatic nitrogens is 3. The van der Waals surface area contributed by atoms with Crippen LogP contribution in [0.4, 0.5) is 0 Å². The first-order valence-corrected chi connectivity index (χ1v) is 11.1. The Balaban J connectivity index is 1.90. The second kappa shape index (κ2) is 10.7. The van der Waals surface area contributed by atoms with Gasteiger partial charge in [0.2, 0.25) is 0 Å². The largest absolute Gasteiger partial charge is 0.478 e. The highest BCUT2D eigenvalue weighted by Crippen LogP contribution is 2.24. The molecule has 1 aromatic heterocycles. The summed E-state index contributed by atoms with van der Waals surface area (Å²) in [5, 5.41) is 13.8. The summed E-state index contributed by atoms with van der Waals surface area (Å²) in [7, 11) is 0. The topological polar surface area (TPSA) is 94.2 Å². The first-order valence-electron chi connectivity index (χ1n) is 11.1. The van der Waals surface area contributed by atoms with Crippen molar-refractivity contribution in [2.75, 3.05) is 0 Å². The van der Waals surface area contributed by atoms with E-state index in [2.05, 4.69) is 12.0 Å². The average molecular weight is 436 g/mol. The van der Waals surface area contributed by atoms with Crippen molar-refractivity contribution in [3.05, 3.63) is 76.0 Å². The standard InChI is InChI=1S/C25H29N3O4/c1-3-5-6-12-22-26-28(23(29)9-4-2)25(32)27(22)17-18-13-15-19(16-14-18)20-10-7-8-11-21(20)24(30)31/h7-8,10-11,13-16H,3-6,9,12,17H2,1-2H3,(H,30,31). The van der Waals surface area contributed by atoms with Crippen molar-refractivity contribution < 1.29 is 14.7 Å². The normalized spacial score (nSPS) is 10.9. The number of benzene rings is 2. The van der Waals surface area contributed by atoms with E-state index in [1.54, 1.807) is 28.8 Å². The zero-order chi connectivity index (χ0) is 23.1. The number of carboxylic acids is 1. The molecule has 0 amide bonds. The van der Waals surface area contributed by atoms with Gasteiger partial charge in [-0.25, -0.2) is 9.59 Å². The minimum absolute atomic E-state index is 0.241. The first kappa shape index (κ1) is 23.2. The monoisotopic (exact) mass is 435 g/mol. The molecular weight excluding hydrogens is 406 g/mol. The fraction of sp³-hybridized carbons (Fsp3) is 0.360. The molecule has 1 heterocycles. The van der Waals surface area contributed by atoms with Crippen molar-refractivity contribution in [2.45, 2.75) is 58.9 Å². The lowest BCUT2D eigenvalue weighted by Gasteiger charge is -2.09. The SMILES string of the molecule is CCCCCc1nn(C(=O)CCC)c(=O)n1Cc1ccc(-c2ccccc2C(=O)O)cc1. The predicted octanol–water partition coefficient (Wildman–Crippen LogP) is 4.63. The molecule has 0 aliphatic rings. The molecule has 2 aromatic carbocycles. The molecule has 0 saturated heterocycles. The van der Waals surface area contributed by atoms with Crippen molar-refractivity contribution in [3.63, 3.8) is 0 Å². The van der Waals surface area contributed by atoms with Crippen LogP contribution in [0.15, 0.2) is 53.3 Å². The second-order valence-corrected chi connectivity index (χ2v) is 7.85. The number of carboxylic acid groups (broad SMARTS) is 1. The summed E-state index contributed by atoms with van der Waals surface area (Å²) in [6.45, 7) is 4.31. The molecule has 168 valence electrons. The molecule has 0 unspecified atom stereocenters. The van der Waals surface area contributed by atoms with Crippen LogP contribution in [0.25, 0.3) is 11.1 Å². The van der Waals surface area contributed by atoms with Crippen LogP contribution in [0.5, 0.6) is 0 Å². The molecule has 0 saturated carbocycles. The van der Waals surface area contributed by atoms with Crippen LogP contribution in [-0.4, -0.2) is 31.3 Å². The molecule has 3 rings (SSSR count). The summed E-state index contributed by atoms with van der Waals surface area (Å²) in [6, 6.07) is 14.3. The first-order chi connectivity index (χ1) is 15.5. The molecule has 0 bridgehead atoms. The number of hydrogen-bond acceptors (Lipinski definition) is 4. The van der Waals surface area contributed by atoms with E-state index >= 15 is 0 Å². The fourth-order valence-electron chi connectivity index (χ4n) is 3.69. The van der Waals surface area contributed by atoms with E-state index in [0.29, 0.717) is 30.8 Å². The van der Waals surface area contributed by atoms with Gasteiger partial charge in [0.1, 0.15) is 5.82 Å². The van der Waals surface area contributed by atoms with Gasteiger partial charge in [-0.2, -0.15) is 0 Å². The summed E-state index contributed by atoms with van der Waals surface area (Å²) in [4.78, 5) is 36.8. The van der Waals surface area contributed by atoms with E-state index in [4.69, 9.17) is 0 Å². The summed E-state index contributed by atoms with van der Waals surface area (Å²) in [5.74, 6) is -0.640. The van der Waals surface area contributed by atoms with Gasteiger partial charge in [-0.1, -0.05) is 69.2 Å². The van der Waals surface area contributed by atoms with Gasteiger partial charge in [-0.15, -0.1) is 9.78 Å². The van der Waals surface area contributed by atoms with E-state index in [0.717, 1.165) is 35.1 Å². The zero-order valence-corrected chi connectivity index (χ0v) is 18.6. The van der Waals surface area contributed by atoms with Crippen molar-refractivity contribution in [2.24, 2.45) is 0 Å². The van der Waals surface area contributed by atoms with Gasteiger partial charge in [0, 0.05) is 12.8 Å². The Morgan fingerprint density at radius 1 is 0.969 bits per heavy atom. The molecule has 7 heteroatoms. The lowest BCUT2D eigenvalue weighted by Crippen LogP contribution is -2.30. The second-order valence-electron chi connectivity index (χ2n) is 7.85. The van der Waals surface area contributed by atoms with Crippen LogP contribution in [0, 0.1) is 0 Å². The van der Waals surface area contributed by atoms with Crippen molar-refractivity contribution in [1.29, 1.82) is 0 Å². The Morgan fingerprint density at radius 3 is 2.34 bits per heavy atom. The third kappa shape index (κ3) is 5.22. The molecule has 32 heavy (non-hydrogen) atoms. The van der Waals surface area contributed by atoms with Gasteiger partial charge >= 0.3 is 11.7 Å². The van der Waals surface area contributed by atoms with Crippen LogP contribution < -0.4 is 5.69 Å². The Morgan fingerprint density at radius 2 is 1.69 bits per heavy atom. The van der Waals surface area contributed by atoms with E-state index in [1.165, 1.54) is 0 Å². The van der Waals surface area contributed by atoms with Crippen LogP contribution >= 0.6 is 0 Å². The number of carbonyl (C=O) groups is 2. The maximum Gasteiger partial charge on any atom is 0.353 e. The van der Waals surface area contributed by atoms with Gasteiger partial charge in [0.05, 0.1) is 12.1 Å². The van der Waals surface area contributed by atoms with Gasteiger partial charge in [-0.3, -0.25) is 9.36 Å². The van der Waals surface area contributed by atoms with Crippen LogP contribution in [-0.2, 0) is 13.0 Å². The lowest BCUT2D eigenvalue weighted by molar-refractivity contribution is 0.0697. The lowest BCUT2D eigenvalue weighted by atomic mass is 9.99. The molecule has 0 atom stereocenters. The summed E-state index contributed by atoms with van der Waals surface area (Å²) < 4.78 is 2.58. The predicted molar refractivity (Wildman–Crippen MR) is 123 cm³/mol. The quantitative estimate of drug-likeness (QED) is 0.469. The Hall–Kier alpha value is -3.48. The highest BCUT2D eigenvalue weighted by atomic mass is 16.4. The van der Waals surface area contributed by atoms with Crippen LogP contribution in [0.2, 0.25) is 0 Å². The minimum Gasteiger partial charge on any atom is -0.478 e. The summed E-state index contributed by atoms with van der Waals surface area (Å²) >= 11 is 0. The van der Waals surface area contributed by atoms with Crippen molar-refractivity contribution in [1.82, 2.24) is 14.3 Å². The Labute approximate surface area is 187 Å². The third-order valence-corrected chi connectivity index (χ3v) is 5.41. The number of nitrogens with zero attached hydrogens (tertiary/aromatic N) is 3. The van der Waals surface area contributed by atoms with E-state index in [-0.39, 0.29) is 17.9 Å². The zero-order valence-electron chi connectivity index (χ0n) is 18.6. The minimum atomic E-state index is -0.975. The Kier molecular flexibility index (Phi) is 7.76. The number of hydrogen-bond donors (Lipinski definition) is 1. The summed E-state index contributed by atoms with van der Waals surface area (Å²) in [5.41, 5.74) is 2.14. The molecule has 0 aliphatic carbocycles. The van der Waals surface area contributed by atoms with E-state index < -0.39 is 11.7 Å². The molecule has 0 aliphatic heterocycles. The third-order valence-electron chi connectivity index (χ3n) is 5.41. The molecule has 1 N–H and O–H groups in total. The fourth-order valence-corrected chi connectivity index (χ4v) is 3.69. The number of aromatic carboxylic acids is 1. The maximum absolute atomic E-state index is 12.9. The highest BCUT2D eigenvalue weighted by molar-refractivity contribution is 5.96. The number of aryl methyl sites for hydroxylation is 1. The van der Waals surface area contributed by atoms with Gasteiger partial charge in [0.15, 0.2) is 0 Å². The molecule has 0 fully saturated rings. The highest BCUT2D eigenvalue weighted by Gasteiger charge is 2.18. The van der Waals surface area contributed by atoms with Crippen LogP contribution in [0.1, 0.15) is 72.5 Å². The smallest absolute Gasteiger partial charge is 0.353 e. The Bertz CT molecular complexity index is 1140. The molecule has 0 spiro atoms. The number of rotatable bonds is 10. The van der Waals surface area contributed by atoms with E-state index in [9.17, 15) is 19.5 Å². The number of carbonyl (C=O) groups excluding carboxylic acids is 1. The van der Waals surface area contributed by atoms with Gasteiger partial charge in [-0.05, 0) is 35.6 Å². The van der Waals surface area contributed by atoms with Gasteiger partial charge in [0.25, 0.3) is 5.91 Å². The summed E-state index contributed by atoms with van der Waals surface area (Å²) in [6.07, 6.45) is 4.56. The van der Waals surface area contributed by atoms with Crippen molar-refractivity contribution >= 4 is 11.9 Å². The number of unbranched alkanes of at least 4 members (excludes halogenated alkanes) is 2. The van der Waals surface area contributed by atoms with Crippen molar-refractivity contribution in [3.8, 4) is 11.1 Å². The van der Waals surface area contributed by atoms with Gasteiger partial charge < -0.3 is 5.11 Å². The average Bonchev–Trinajstić information content (AvgIpc) is 3.10. The van der Waals surface area contributed by atoms with Crippen LogP contribution in [0.3, 0.4) is 0 Å². The maximum atomic E-state index is 12.9. The molecule has 7 nitrogen and oxygen atoms in total. The molecular formula is C25H29N3O4. The van der Waals surface area contributed by atoms with E-state index in [1.807, 2.05) is 31.2 Å². The molecule has 3 aromatic rings. The molecule has 0 radical (unpaired) electrons.